The van der Waals surface area contributed by atoms with E-state index < -0.39 is 42.0 Å². The third-order valence-corrected chi connectivity index (χ3v) is 7.62. The second-order valence-electron chi connectivity index (χ2n) is 11.5. The highest BCUT2D eigenvalue weighted by atomic mass is 19.4. The summed E-state index contributed by atoms with van der Waals surface area (Å²) in [5.74, 6) is -0.391. The van der Waals surface area contributed by atoms with Crippen molar-refractivity contribution in [3.8, 4) is 11.5 Å². The minimum atomic E-state index is -4.63. The van der Waals surface area contributed by atoms with Crippen LogP contribution in [0.15, 0.2) is 73.3 Å². The van der Waals surface area contributed by atoms with Crippen LogP contribution in [0.5, 0.6) is 11.5 Å². The lowest BCUT2D eigenvalue weighted by Crippen LogP contribution is -2.13. The number of carbonyl (C=O) groups is 2. The second kappa shape index (κ2) is 16.4. The molecule has 0 spiro atoms. The van der Waals surface area contributed by atoms with Crippen LogP contribution in [0.4, 0.5) is 30.7 Å². The number of aromatic nitrogens is 6. The summed E-state index contributed by atoms with van der Waals surface area (Å²) in [6.45, 7) is 3.20. The largest absolute Gasteiger partial charge is 0.493 e. The first-order chi connectivity index (χ1) is 25.6. The second-order valence-corrected chi connectivity index (χ2v) is 11.5. The Morgan fingerprint density at radius 2 is 1.09 bits per heavy atom. The SMILES string of the molecule is CCOc1cc2nc(CF)cn2cc1CC(=O)c1cccc(C(F)(F)F)n1.CCOc1cc2nc(CO)cn2cc1CC(=O)c1cccc(C(F)(F)F)n1. The summed E-state index contributed by atoms with van der Waals surface area (Å²) in [4.78, 5) is 40.1. The van der Waals surface area contributed by atoms with Crippen molar-refractivity contribution in [3.63, 3.8) is 0 Å². The molecular weight excluding hydrogens is 729 g/mol. The first kappa shape index (κ1) is 39.3. The number of Topliss-reactive ketones (excluding diaryl/α,β-unsaturated/α-hetero) is 2. The van der Waals surface area contributed by atoms with Gasteiger partial charge in [-0.05, 0) is 38.1 Å². The van der Waals surface area contributed by atoms with Crippen LogP contribution in [0, 0.1) is 0 Å². The van der Waals surface area contributed by atoms with Crippen molar-refractivity contribution in [2.24, 2.45) is 0 Å². The van der Waals surface area contributed by atoms with Crippen LogP contribution < -0.4 is 9.47 Å². The summed E-state index contributed by atoms with van der Waals surface area (Å²) in [6.07, 6.45) is -3.43. The van der Waals surface area contributed by atoms with E-state index in [1.54, 1.807) is 53.4 Å². The van der Waals surface area contributed by atoms with Crippen LogP contribution in [0.1, 0.15) is 68.7 Å². The summed E-state index contributed by atoms with van der Waals surface area (Å²) < 4.78 is 104. The fourth-order valence-corrected chi connectivity index (χ4v) is 5.23. The van der Waals surface area contributed by atoms with E-state index in [0.717, 1.165) is 24.3 Å². The van der Waals surface area contributed by atoms with E-state index in [1.165, 1.54) is 18.3 Å². The molecule has 0 amide bonds. The molecule has 0 radical (unpaired) electrons. The van der Waals surface area contributed by atoms with Crippen LogP contribution in [0.25, 0.3) is 11.3 Å². The van der Waals surface area contributed by atoms with Gasteiger partial charge in [0.25, 0.3) is 0 Å². The van der Waals surface area contributed by atoms with Crippen LogP contribution in [-0.2, 0) is 38.5 Å². The van der Waals surface area contributed by atoms with E-state index in [4.69, 9.17) is 9.47 Å². The van der Waals surface area contributed by atoms with Crippen molar-refractivity contribution in [2.75, 3.05) is 13.2 Å². The summed E-state index contributed by atoms with van der Waals surface area (Å²) >= 11 is 0. The Morgan fingerprint density at radius 1 is 0.667 bits per heavy atom. The number of nitrogens with zero attached hydrogens (tertiary/aromatic N) is 6. The van der Waals surface area contributed by atoms with Gasteiger partial charge in [-0.2, -0.15) is 26.3 Å². The lowest BCUT2D eigenvalue weighted by Gasteiger charge is -2.11. The molecule has 0 bridgehead atoms. The molecule has 54 heavy (non-hydrogen) atoms. The number of rotatable bonds is 12. The number of halogens is 7. The first-order valence-corrected chi connectivity index (χ1v) is 16.2. The minimum Gasteiger partial charge on any atom is -0.493 e. The number of fused-ring (bicyclic) bond motifs is 2. The van der Waals surface area contributed by atoms with Crippen LogP contribution in [0.2, 0.25) is 0 Å². The van der Waals surface area contributed by atoms with Crippen molar-refractivity contribution in [1.82, 2.24) is 28.7 Å². The number of alkyl halides is 7. The monoisotopic (exact) mass is 760 g/mol. The number of hydrogen-bond donors (Lipinski definition) is 1. The molecule has 0 saturated carbocycles. The molecule has 0 unspecified atom stereocenters. The Labute approximate surface area is 302 Å². The average molecular weight is 761 g/mol. The van der Waals surface area contributed by atoms with E-state index in [0.29, 0.717) is 52.8 Å². The molecule has 1 N–H and O–H groups in total. The molecule has 6 rings (SSSR count). The van der Waals surface area contributed by atoms with Gasteiger partial charge in [-0.25, -0.2) is 24.3 Å². The lowest BCUT2D eigenvalue weighted by atomic mass is 10.1. The van der Waals surface area contributed by atoms with Gasteiger partial charge in [-0.15, -0.1) is 0 Å². The fraction of sp³-hybridized carbons (Fsp3) is 0.278. The normalized spacial score (nSPS) is 11.7. The number of carbonyl (C=O) groups excluding carboxylic acids is 2. The van der Waals surface area contributed by atoms with E-state index in [1.807, 2.05) is 0 Å². The molecule has 0 aliphatic rings. The Morgan fingerprint density at radius 3 is 1.48 bits per heavy atom. The van der Waals surface area contributed by atoms with Crippen LogP contribution in [0.3, 0.4) is 0 Å². The lowest BCUT2D eigenvalue weighted by molar-refractivity contribution is -0.142. The summed E-state index contributed by atoms with van der Waals surface area (Å²) in [5.41, 5.74) is -0.244. The maximum absolute atomic E-state index is 12.8. The maximum atomic E-state index is 12.8. The van der Waals surface area contributed by atoms with E-state index in [9.17, 15) is 45.4 Å². The van der Waals surface area contributed by atoms with Crippen molar-refractivity contribution in [1.29, 1.82) is 0 Å². The quantitative estimate of drug-likeness (QED) is 0.102. The third kappa shape index (κ3) is 9.35. The smallest absolute Gasteiger partial charge is 0.433 e. The minimum absolute atomic E-state index is 0.188. The number of ketones is 2. The Hall–Kier alpha value is -5.91. The number of pyridine rings is 4. The number of ether oxygens (including phenoxy) is 2. The van der Waals surface area contributed by atoms with Crippen molar-refractivity contribution >= 4 is 22.9 Å². The van der Waals surface area contributed by atoms with Crippen molar-refractivity contribution in [2.45, 2.75) is 52.3 Å². The van der Waals surface area contributed by atoms with E-state index >= 15 is 0 Å². The van der Waals surface area contributed by atoms with E-state index in [-0.39, 0.29) is 36.5 Å². The molecule has 18 heteroatoms. The van der Waals surface area contributed by atoms with Gasteiger partial charge in [0.05, 0.1) is 31.2 Å². The van der Waals surface area contributed by atoms with Gasteiger partial charge in [0.2, 0.25) is 0 Å². The van der Waals surface area contributed by atoms with Crippen molar-refractivity contribution < 1.29 is 54.9 Å². The van der Waals surface area contributed by atoms with Crippen LogP contribution in [-0.4, -0.2) is 58.6 Å². The Balaban J connectivity index is 0.000000208. The summed E-state index contributed by atoms with van der Waals surface area (Å²) in [6, 6.07) is 9.56. The maximum Gasteiger partial charge on any atom is 0.433 e. The van der Waals surface area contributed by atoms with Gasteiger partial charge in [-0.3, -0.25) is 9.59 Å². The average Bonchev–Trinajstić information content (AvgIpc) is 3.74. The Bertz CT molecular complexity index is 2130. The van der Waals surface area contributed by atoms with Crippen molar-refractivity contribution in [3.05, 3.63) is 119 Å². The predicted molar refractivity (Wildman–Crippen MR) is 178 cm³/mol. The summed E-state index contributed by atoms with van der Waals surface area (Å²) in [5, 5.41) is 9.21. The third-order valence-electron chi connectivity index (χ3n) is 7.62. The first-order valence-electron chi connectivity index (χ1n) is 16.2. The number of imidazole rings is 2. The fourth-order valence-electron chi connectivity index (χ4n) is 5.23. The van der Waals surface area contributed by atoms with Crippen LogP contribution >= 0.6 is 0 Å². The molecule has 6 heterocycles. The molecule has 0 fully saturated rings. The number of hydrogen-bond acceptors (Lipinski definition) is 9. The highest BCUT2D eigenvalue weighted by Crippen LogP contribution is 2.30. The van der Waals surface area contributed by atoms with Gasteiger partial charge in [0.15, 0.2) is 11.6 Å². The standard InChI is InChI=1S/C18H15F4N3O2.C18H16F3N3O3/c1-2-27-15-7-17-23-12(8-19)10-25(17)9-11(15)6-14(26)13-4-3-5-16(24-13)18(20,21)22;1-2-27-15-7-17-22-12(10-25)9-24(17)8-11(15)6-14(26)13-4-3-5-16(23-13)18(19,20)21/h3-5,7,9-10H,2,6,8H2,1H3;3-5,7-9,25H,2,6,10H2,1H3. The highest BCUT2D eigenvalue weighted by Gasteiger charge is 2.34. The molecular formula is C36H31F7N6O5. The molecule has 0 aliphatic carbocycles. The van der Waals surface area contributed by atoms with E-state index in [2.05, 4.69) is 19.9 Å². The zero-order valence-electron chi connectivity index (χ0n) is 28.6. The topological polar surface area (TPSA) is 133 Å². The zero-order chi connectivity index (χ0) is 39.2. The molecule has 0 aliphatic heterocycles. The zero-order valence-corrected chi connectivity index (χ0v) is 28.6. The van der Waals surface area contributed by atoms with Gasteiger partial charge >= 0.3 is 12.4 Å². The molecule has 284 valence electrons. The summed E-state index contributed by atoms with van der Waals surface area (Å²) in [7, 11) is 0. The number of aliphatic hydroxyl groups is 1. The molecule has 6 aromatic heterocycles. The molecule has 0 atom stereocenters. The Kier molecular flexibility index (Phi) is 11.9. The van der Waals surface area contributed by atoms with Gasteiger partial charge in [0.1, 0.15) is 52.2 Å². The molecule has 0 saturated heterocycles. The molecule has 0 aromatic carbocycles. The van der Waals surface area contributed by atoms with Gasteiger partial charge in [0, 0.05) is 60.9 Å². The predicted octanol–water partition coefficient (Wildman–Crippen LogP) is 7.11. The molecule has 11 nitrogen and oxygen atoms in total. The van der Waals surface area contributed by atoms with Gasteiger partial charge in [-0.1, -0.05) is 12.1 Å². The molecule has 6 aromatic rings. The van der Waals surface area contributed by atoms with Gasteiger partial charge < -0.3 is 23.4 Å². The highest BCUT2D eigenvalue weighted by molar-refractivity contribution is 5.96. The number of aliphatic hydroxyl groups excluding tert-OH is 1.